The highest BCUT2D eigenvalue weighted by Crippen LogP contribution is 2.38. The van der Waals surface area contributed by atoms with Gasteiger partial charge < -0.3 is 34.3 Å². The van der Waals surface area contributed by atoms with E-state index in [1.54, 1.807) is 31.5 Å². The van der Waals surface area contributed by atoms with Crippen LogP contribution in [0.25, 0.3) is 11.3 Å². The molecule has 0 fully saturated rings. The smallest absolute Gasteiger partial charge is 0.253 e. The number of carbonyl (C=O) groups is 1. The monoisotopic (exact) mass is 528 g/mol. The molecule has 10 heteroatoms. The normalized spacial score (nSPS) is 11.5. The van der Waals surface area contributed by atoms with Gasteiger partial charge in [-0.3, -0.25) is 4.79 Å². The topological polar surface area (TPSA) is 113 Å². The fourth-order valence-corrected chi connectivity index (χ4v) is 4.09. The van der Waals surface area contributed by atoms with E-state index in [2.05, 4.69) is 15.6 Å². The van der Waals surface area contributed by atoms with Gasteiger partial charge in [0, 0.05) is 12.7 Å². The van der Waals surface area contributed by atoms with Crippen molar-refractivity contribution in [3.8, 4) is 40.1 Å². The molecule has 0 spiro atoms. The van der Waals surface area contributed by atoms with Gasteiger partial charge in [0.15, 0.2) is 11.5 Å². The van der Waals surface area contributed by atoms with Gasteiger partial charge in [0.1, 0.15) is 29.5 Å². The average molecular weight is 529 g/mol. The number of anilines is 1. The number of fused-ring (bicyclic) bond motifs is 1. The number of aromatic nitrogens is 2. The van der Waals surface area contributed by atoms with E-state index in [4.69, 9.17) is 28.7 Å². The van der Waals surface area contributed by atoms with Crippen molar-refractivity contribution in [3.63, 3.8) is 0 Å². The van der Waals surface area contributed by atoms with Crippen molar-refractivity contribution >= 4 is 11.7 Å². The Bertz CT molecular complexity index is 1430. The maximum Gasteiger partial charge on any atom is 0.253 e. The van der Waals surface area contributed by atoms with Gasteiger partial charge >= 0.3 is 0 Å². The lowest BCUT2D eigenvalue weighted by molar-refractivity contribution is 0.0947. The summed E-state index contributed by atoms with van der Waals surface area (Å²) in [5.74, 6) is 3.16. The lowest BCUT2D eigenvalue weighted by atomic mass is 10.0. The van der Waals surface area contributed by atoms with Crippen LogP contribution in [-0.4, -0.2) is 50.0 Å². The van der Waals surface area contributed by atoms with Crippen LogP contribution in [0.15, 0.2) is 72.9 Å². The molecule has 0 saturated heterocycles. The first-order valence-electron chi connectivity index (χ1n) is 12.3. The van der Waals surface area contributed by atoms with Gasteiger partial charge in [-0.2, -0.15) is 0 Å². The van der Waals surface area contributed by atoms with E-state index in [0.29, 0.717) is 53.8 Å². The highest BCUT2D eigenvalue weighted by Gasteiger charge is 2.23. The van der Waals surface area contributed by atoms with Crippen LogP contribution < -0.4 is 34.3 Å². The lowest BCUT2D eigenvalue weighted by Gasteiger charge is -2.16. The molecule has 2 aromatic carbocycles. The van der Waals surface area contributed by atoms with Gasteiger partial charge in [0.05, 0.1) is 32.0 Å². The van der Waals surface area contributed by atoms with Crippen molar-refractivity contribution in [2.75, 3.05) is 39.5 Å². The minimum absolute atomic E-state index is 0.216. The Morgan fingerprint density at radius 1 is 0.974 bits per heavy atom. The number of benzene rings is 2. The van der Waals surface area contributed by atoms with Crippen molar-refractivity contribution < 1.29 is 28.5 Å². The molecule has 0 saturated carbocycles. The fourth-order valence-electron chi connectivity index (χ4n) is 4.09. The maximum atomic E-state index is 13.3. The molecular formula is C29H28N4O6. The Hall–Kier alpha value is -4.99. The Morgan fingerprint density at radius 2 is 1.82 bits per heavy atom. The van der Waals surface area contributed by atoms with Gasteiger partial charge in [0.25, 0.3) is 5.91 Å². The van der Waals surface area contributed by atoms with E-state index in [-0.39, 0.29) is 18.6 Å². The predicted molar refractivity (Wildman–Crippen MR) is 145 cm³/mol. The second kappa shape index (κ2) is 12.0. The lowest BCUT2D eigenvalue weighted by Crippen LogP contribution is -2.28. The predicted octanol–water partition coefficient (Wildman–Crippen LogP) is 4.31. The van der Waals surface area contributed by atoms with E-state index < -0.39 is 0 Å². The van der Waals surface area contributed by atoms with Crippen molar-refractivity contribution in [3.05, 3.63) is 84.1 Å². The van der Waals surface area contributed by atoms with E-state index >= 15 is 0 Å². The molecule has 0 aliphatic carbocycles. The second-order valence-corrected chi connectivity index (χ2v) is 8.45. The molecule has 10 nitrogen and oxygen atoms in total. The van der Waals surface area contributed by atoms with Crippen molar-refractivity contribution in [1.29, 1.82) is 0 Å². The summed E-state index contributed by atoms with van der Waals surface area (Å²) in [7, 11) is 3.05. The molecule has 4 aromatic rings. The van der Waals surface area contributed by atoms with Crippen LogP contribution in [-0.2, 0) is 6.54 Å². The van der Waals surface area contributed by atoms with Crippen LogP contribution in [0.2, 0.25) is 0 Å². The zero-order valence-corrected chi connectivity index (χ0v) is 21.6. The van der Waals surface area contributed by atoms with Gasteiger partial charge in [-0.1, -0.05) is 24.3 Å². The van der Waals surface area contributed by atoms with Gasteiger partial charge in [-0.25, -0.2) is 9.97 Å². The third-order valence-corrected chi connectivity index (χ3v) is 5.98. The van der Waals surface area contributed by atoms with Gasteiger partial charge in [0.2, 0.25) is 12.7 Å². The minimum atomic E-state index is -0.315. The van der Waals surface area contributed by atoms with E-state index in [9.17, 15) is 4.79 Å². The molecule has 39 heavy (non-hydrogen) atoms. The fraction of sp³-hybridized carbons (Fsp3) is 0.207. The van der Waals surface area contributed by atoms with Crippen LogP contribution >= 0.6 is 0 Å². The third kappa shape index (κ3) is 5.96. The number of methoxy groups -OCH3 is 2. The third-order valence-electron chi connectivity index (χ3n) is 5.98. The summed E-state index contributed by atoms with van der Waals surface area (Å²) in [6, 6.07) is 20.3. The molecule has 0 unspecified atom stereocenters. The molecule has 3 heterocycles. The van der Waals surface area contributed by atoms with Crippen LogP contribution in [0.5, 0.6) is 28.9 Å². The standard InChI is InChI=1S/C29H28N4O6/c1-35-23-12-13-31-29(36-2)26(23)27-21(28(34)30-14-15-37-20-6-4-3-5-7-20)9-11-25(33-27)32-17-19-8-10-22-24(16-19)39-18-38-22/h3-13,16H,14-15,17-18H2,1-2H3,(H,30,34)(H,32,33). The summed E-state index contributed by atoms with van der Waals surface area (Å²) in [5, 5.41) is 6.22. The molecule has 0 atom stereocenters. The molecule has 2 N–H and O–H groups in total. The summed E-state index contributed by atoms with van der Waals surface area (Å²) < 4.78 is 27.6. The van der Waals surface area contributed by atoms with Crippen molar-refractivity contribution in [2.45, 2.75) is 6.54 Å². The SMILES string of the molecule is COc1ccnc(OC)c1-c1nc(NCc2ccc3c(c2)OCO3)ccc1C(=O)NCCOc1ccccc1. The number of ether oxygens (including phenoxy) is 5. The first kappa shape index (κ1) is 25.7. The quantitative estimate of drug-likeness (QED) is 0.275. The van der Waals surface area contributed by atoms with Crippen LogP contribution in [0, 0.1) is 0 Å². The Morgan fingerprint density at radius 3 is 2.64 bits per heavy atom. The molecule has 0 radical (unpaired) electrons. The van der Waals surface area contributed by atoms with Crippen LogP contribution in [0.1, 0.15) is 15.9 Å². The Balaban J connectivity index is 1.38. The highest BCUT2D eigenvalue weighted by molar-refractivity contribution is 6.01. The van der Waals surface area contributed by atoms with Gasteiger partial charge in [-0.15, -0.1) is 0 Å². The summed E-state index contributed by atoms with van der Waals surface area (Å²) in [4.78, 5) is 22.4. The maximum absolute atomic E-state index is 13.3. The molecule has 1 amide bonds. The molecule has 1 aliphatic rings. The van der Waals surface area contributed by atoms with E-state index in [0.717, 1.165) is 17.1 Å². The number of hydrogen-bond donors (Lipinski definition) is 2. The minimum Gasteiger partial charge on any atom is -0.496 e. The van der Waals surface area contributed by atoms with Crippen LogP contribution in [0.3, 0.4) is 0 Å². The van der Waals surface area contributed by atoms with Crippen LogP contribution in [0.4, 0.5) is 5.82 Å². The van der Waals surface area contributed by atoms with E-state index in [1.165, 1.54) is 7.11 Å². The summed E-state index contributed by atoms with van der Waals surface area (Å²) in [6.45, 7) is 1.31. The molecule has 200 valence electrons. The second-order valence-electron chi connectivity index (χ2n) is 8.45. The summed E-state index contributed by atoms with van der Waals surface area (Å²) >= 11 is 0. The first-order valence-corrected chi connectivity index (χ1v) is 12.3. The number of para-hydroxylation sites is 1. The molecule has 2 aromatic heterocycles. The zero-order valence-electron chi connectivity index (χ0n) is 21.6. The Labute approximate surface area is 225 Å². The van der Waals surface area contributed by atoms with E-state index in [1.807, 2.05) is 48.5 Å². The van der Waals surface area contributed by atoms with Crippen molar-refractivity contribution in [1.82, 2.24) is 15.3 Å². The Kier molecular flexibility index (Phi) is 7.92. The number of nitrogens with zero attached hydrogens (tertiary/aromatic N) is 2. The number of hydrogen-bond acceptors (Lipinski definition) is 9. The number of rotatable bonds is 11. The van der Waals surface area contributed by atoms with Gasteiger partial charge in [-0.05, 0) is 48.0 Å². The largest absolute Gasteiger partial charge is 0.496 e. The van der Waals surface area contributed by atoms with Crippen molar-refractivity contribution in [2.24, 2.45) is 0 Å². The molecule has 0 bridgehead atoms. The molecule has 1 aliphatic heterocycles. The average Bonchev–Trinajstić information content (AvgIpc) is 3.46. The molecule has 5 rings (SSSR count). The number of nitrogens with one attached hydrogen (secondary N) is 2. The first-order chi connectivity index (χ1) is 19.2. The highest BCUT2D eigenvalue weighted by atomic mass is 16.7. The number of pyridine rings is 2. The number of amides is 1. The zero-order chi connectivity index (χ0) is 27.0. The summed E-state index contributed by atoms with van der Waals surface area (Å²) in [6.07, 6.45) is 1.57. The molecular weight excluding hydrogens is 500 g/mol. The number of carbonyl (C=O) groups excluding carboxylic acids is 1. The summed E-state index contributed by atoms with van der Waals surface area (Å²) in [5.41, 5.74) is 2.17.